The number of aromatic hydroxyl groups is 2. The van der Waals surface area contributed by atoms with Gasteiger partial charge in [-0.05, 0) is 90.5 Å². The quantitative estimate of drug-likeness (QED) is 0.125. The number of rotatable bonds is 3. The second-order valence-corrected chi connectivity index (χ2v) is 13.1. The van der Waals surface area contributed by atoms with Crippen molar-refractivity contribution < 1.29 is 10.2 Å². The van der Waals surface area contributed by atoms with Crippen molar-refractivity contribution in [3.05, 3.63) is 122 Å². The summed E-state index contributed by atoms with van der Waals surface area (Å²) >= 11 is 27.0. The molecule has 8 bridgehead atoms. The number of benzene rings is 3. The van der Waals surface area contributed by atoms with Gasteiger partial charge < -0.3 is 25.2 Å². The Bertz CT molecular complexity index is 2650. The van der Waals surface area contributed by atoms with Gasteiger partial charge >= 0.3 is 0 Å². The first kappa shape index (κ1) is 30.9. The third-order valence-corrected chi connectivity index (χ3v) is 9.63. The van der Waals surface area contributed by atoms with E-state index in [1.165, 1.54) is 24.3 Å². The normalized spacial score (nSPS) is 11.7. The van der Waals surface area contributed by atoms with E-state index in [-0.39, 0.29) is 31.6 Å². The highest BCUT2D eigenvalue weighted by molar-refractivity contribution is 6.41. The van der Waals surface area contributed by atoms with Crippen LogP contribution in [-0.2, 0) is 0 Å². The van der Waals surface area contributed by atoms with Gasteiger partial charge in [-0.2, -0.15) is 5.26 Å². The molecule has 49 heavy (non-hydrogen) atoms. The number of nitrogens with zero attached hydrogens (tertiary/aromatic N) is 2. The number of nitrogens with one attached hydrogen (secondary N) is 3. The molecule has 4 aromatic heterocycles. The van der Waals surface area contributed by atoms with Crippen LogP contribution in [-0.4, -0.2) is 30.1 Å². The summed E-state index contributed by atoms with van der Waals surface area (Å²) in [4.78, 5) is 15.7. The summed E-state index contributed by atoms with van der Waals surface area (Å²) in [7, 11) is 0. The molecule has 7 aromatic rings. The third kappa shape index (κ3) is 5.36. The summed E-state index contributed by atoms with van der Waals surface area (Å²) in [6, 6.07) is 26.9. The van der Waals surface area contributed by atoms with Crippen LogP contribution in [0.5, 0.6) is 11.5 Å². The van der Waals surface area contributed by atoms with Crippen LogP contribution in [0.1, 0.15) is 17.0 Å². The molecule has 5 N–H and O–H groups in total. The van der Waals surface area contributed by atoms with Crippen LogP contribution >= 0.6 is 46.4 Å². The lowest BCUT2D eigenvalue weighted by Gasteiger charge is -2.10. The fourth-order valence-corrected chi connectivity index (χ4v) is 7.62. The molecule has 238 valence electrons. The van der Waals surface area contributed by atoms with Crippen LogP contribution in [0.2, 0.25) is 20.1 Å². The van der Waals surface area contributed by atoms with Crippen molar-refractivity contribution in [2.45, 2.75) is 0 Å². The van der Waals surface area contributed by atoms with Gasteiger partial charge in [0.05, 0.1) is 48.6 Å². The molecule has 8 rings (SSSR count). The SMILES string of the molecule is N#Cc1ccc(-c2c3ccc([nH]3)c(-c3c(Cl)cc(O)cc3Cl)c3nc(c4ccc([nH]4)c(-c4c(Cl)cc(O)cc4Cl)c4ccc2[nH]4)C=C3)cc1. The largest absolute Gasteiger partial charge is 0.508 e. The Labute approximate surface area is 298 Å². The number of phenolic OH excluding ortho intramolecular Hbond substituents is 2. The average Bonchev–Trinajstić information content (AvgIpc) is 3.89. The Balaban J connectivity index is 1.58. The maximum absolute atomic E-state index is 10.2. The summed E-state index contributed by atoms with van der Waals surface area (Å²) in [5.41, 5.74) is 10.1. The van der Waals surface area contributed by atoms with Crippen LogP contribution in [0.3, 0.4) is 0 Å². The number of halogens is 4. The van der Waals surface area contributed by atoms with Crippen molar-refractivity contribution in [3.63, 3.8) is 0 Å². The molecule has 1 aliphatic rings. The van der Waals surface area contributed by atoms with E-state index in [0.717, 1.165) is 27.7 Å². The van der Waals surface area contributed by atoms with E-state index >= 15 is 0 Å². The molecular formula is C38H21Cl4N5O2. The van der Waals surface area contributed by atoms with Crippen molar-refractivity contribution in [1.82, 2.24) is 19.9 Å². The summed E-state index contributed by atoms with van der Waals surface area (Å²) in [6.07, 6.45) is 3.78. The number of H-pyrrole nitrogens is 3. The number of fused-ring (bicyclic) bond motifs is 9. The van der Waals surface area contributed by atoms with Gasteiger partial charge in [0, 0.05) is 55.4 Å². The number of nitriles is 1. The standard InChI is InChI=1S/C38H21Cl4N5O2/c39-22-13-20(48)14-23(40)35(22)37-30-7-5-26(44-30)27-6-8-31(45-27)38(36-24(41)15-21(49)16-25(36)42)33-12-10-29(47-33)34(28-9-11-32(37)46-28)19-3-1-18(17-43)2-4-19/h1-16,44,46-49H. The Morgan fingerprint density at radius 1 is 0.490 bits per heavy atom. The number of phenols is 2. The highest BCUT2D eigenvalue weighted by Crippen LogP contribution is 2.44. The summed E-state index contributed by atoms with van der Waals surface area (Å²) in [6.45, 7) is 0. The monoisotopic (exact) mass is 719 g/mol. The summed E-state index contributed by atoms with van der Waals surface area (Å²) < 4.78 is 0. The van der Waals surface area contributed by atoms with Crippen molar-refractivity contribution in [2.75, 3.05) is 0 Å². The zero-order chi connectivity index (χ0) is 34.0. The zero-order valence-electron chi connectivity index (χ0n) is 25.0. The average molecular weight is 721 g/mol. The third-order valence-electron chi connectivity index (χ3n) is 8.43. The van der Waals surface area contributed by atoms with Gasteiger partial charge in [0.25, 0.3) is 0 Å². The Hall–Kier alpha value is -5.36. The summed E-state index contributed by atoms with van der Waals surface area (Å²) in [5, 5.41) is 31.0. The zero-order valence-corrected chi connectivity index (χ0v) is 28.1. The van der Waals surface area contributed by atoms with Crippen LogP contribution in [0.4, 0.5) is 0 Å². The van der Waals surface area contributed by atoms with Crippen molar-refractivity contribution in [2.24, 2.45) is 0 Å². The van der Waals surface area contributed by atoms with Crippen molar-refractivity contribution in [1.29, 1.82) is 5.26 Å². The van der Waals surface area contributed by atoms with Crippen LogP contribution < -0.4 is 0 Å². The minimum Gasteiger partial charge on any atom is -0.508 e. The van der Waals surface area contributed by atoms with Gasteiger partial charge in [0.2, 0.25) is 0 Å². The molecule has 0 saturated heterocycles. The van der Waals surface area contributed by atoms with E-state index in [1.807, 2.05) is 60.7 Å². The highest BCUT2D eigenvalue weighted by Gasteiger charge is 2.20. The number of aromatic nitrogens is 4. The molecule has 7 nitrogen and oxygen atoms in total. The second kappa shape index (κ2) is 12.0. The molecule has 11 heteroatoms. The van der Waals surface area contributed by atoms with E-state index in [4.69, 9.17) is 51.4 Å². The molecule has 0 unspecified atom stereocenters. The van der Waals surface area contributed by atoms with E-state index in [9.17, 15) is 15.5 Å². The van der Waals surface area contributed by atoms with Crippen LogP contribution in [0, 0.1) is 11.3 Å². The fourth-order valence-electron chi connectivity index (χ4n) is 6.30. The fraction of sp³-hybridized carbons (Fsp3) is 0. The second-order valence-electron chi connectivity index (χ2n) is 11.5. The first-order valence-corrected chi connectivity index (χ1v) is 16.4. The molecule has 0 spiro atoms. The van der Waals surface area contributed by atoms with Gasteiger partial charge in [-0.15, -0.1) is 0 Å². The maximum atomic E-state index is 10.2. The van der Waals surface area contributed by atoms with Gasteiger partial charge in [0.15, 0.2) is 0 Å². The Morgan fingerprint density at radius 2 is 0.898 bits per heavy atom. The molecule has 0 aliphatic carbocycles. The van der Waals surface area contributed by atoms with E-state index in [1.54, 1.807) is 12.1 Å². The molecule has 5 heterocycles. The first-order valence-electron chi connectivity index (χ1n) is 14.9. The molecule has 1 aliphatic heterocycles. The summed E-state index contributed by atoms with van der Waals surface area (Å²) in [5.74, 6) is -0.108. The minimum absolute atomic E-state index is 0.0516. The van der Waals surface area contributed by atoms with E-state index in [2.05, 4.69) is 21.0 Å². The Morgan fingerprint density at radius 3 is 1.41 bits per heavy atom. The molecule has 0 saturated carbocycles. The smallest absolute Gasteiger partial charge is 0.118 e. The lowest BCUT2D eigenvalue weighted by molar-refractivity contribution is 0.475. The number of hydrogen-bond donors (Lipinski definition) is 5. The molecule has 0 radical (unpaired) electrons. The van der Waals surface area contributed by atoms with Crippen molar-refractivity contribution >= 4 is 91.7 Å². The minimum atomic E-state index is -0.0568. The maximum Gasteiger partial charge on any atom is 0.118 e. The lowest BCUT2D eigenvalue weighted by Crippen LogP contribution is -1.89. The molecule has 0 fully saturated rings. The molecule has 3 aromatic carbocycles. The van der Waals surface area contributed by atoms with E-state index < -0.39 is 0 Å². The van der Waals surface area contributed by atoms with Crippen LogP contribution in [0.25, 0.3) is 78.6 Å². The molecule has 0 atom stereocenters. The Kier molecular flexibility index (Phi) is 7.55. The van der Waals surface area contributed by atoms with Gasteiger partial charge in [-0.1, -0.05) is 58.5 Å². The first-order chi connectivity index (χ1) is 23.7. The highest BCUT2D eigenvalue weighted by atomic mass is 35.5. The molecule has 0 amide bonds. The van der Waals surface area contributed by atoms with Gasteiger partial charge in [-0.3, -0.25) is 0 Å². The lowest BCUT2D eigenvalue weighted by atomic mass is 10.0. The van der Waals surface area contributed by atoms with Crippen LogP contribution in [0.15, 0.2) is 84.9 Å². The number of hydrogen-bond acceptors (Lipinski definition) is 4. The van der Waals surface area contributed by atoms with Gasteiger partial charge in [-0.25, -0.2) is 4.98 Å². The topological polar surface area (TPSA) is 125 Å². The predicted molar refractivity (Wildman–Crippen MR) is 200 cm³/mol. The van der Waals surface area contributed by atoms with Gasteiger partial charge in [0.1, 0.15) is 11.5 Å². The number of aromatic amines is 3. The van der Waals surface area contributed by atoms with E-state index in [0.29, 0.717) is 55.8 Å². The predicted octanol–water partition coefficient (Wildman–Crippen LogP) is 11.6. The van der Waals surface area contributed by atoms with Crippen molar-refractivity contribution in [3.8, 4) is 50.9 Å². The molecular weight excluding hydrogens is 700 g/mol.